The van der Waals surface area contributed by atoms with Gasteiger partial charge in [-0.2, -0.15) is 13.2 Å². The standard InChI is InChI=1S/C9H16F3N/c1-2-5-13-8(9(10,11)12)6-7-3-4-7/h7-8,13H,2-6H2,1H3. The molecule has 1 aliphatic rings. The third-order valence-corrected chi connectivity index (χ3v) is 2.30. The molecule has 1 rings (SSSR count). The quantitative estimate of drug-likeness (QED) is 0.711. The van der Waals surface area contributed by atoms with Crippen molar-refractivity contribution in [3.05, 3.63) is 0 Å². The summed E-state index contributed by atoms with van der Waals surface area (Å²) in [6, 6.07) is -1.28. The summed E-state index contributed by atoms with van der Waals surface area (Å²) in [6.45, 7) is 2.33. The van der Waals surface area contributed by atoms with Gasteiger partial charge in [-0.3, -0.25) is 0 Å². The van der Waals surface area contributed by atoms with E-state index in [1.807, 2.05) is 6.92 Å². The van der Waals surface area contributed by atoms with Gasteiger partial charge in [0, 0.05) is 0 Å². The third kappa shape index (κ3) is 3.98. The largest absolute Gasteiger partial charge is 0.403 e. The van der Waals surface area contributed by atoms with E-state index in [2.05, 4.69) is 5.32 Å². The Kier molecular flexibility index (Phi) is 3.59. The van der Waals surface area contributed by atoms with Crippen LogP contribution in [0.1, 0.15) is 32.6 Å². The van der Waals surface area contributed by atoms with Gasteiger partial charge >= 0.3 is 6.18 Å². The number of alkyl halides is 3. The number of hydrogen-bond acceptors (Lipinski definition) is 1. The Morgan fingerprint density at radius 3 is 2.38 bits per heavy atom. The Bertz CT molecular complexity index is 151. The first kappa shape index (κ1) is 10.8. The second-order valence-corrected chi connectivity index (χ2v) is 3.73. The second kappa shape index (κ2) is 4.31. The molecule has 1 N–H and O–H groups in total. The topological polar surface area (TPSA) is 12.0 Å². The zero-order valence-corrected chi connectivity index (χ0v) is 7.82. The molecule has 0 aliphatic heterocycles. The summed E-state index contributed by atoms with van der Waals surface area (Å²) in [5, 5.41) is 2.56. The van der Waals surface area contributed by atoms with Gasteiger partial charge < -0.3 is 5.32 Å². The summed E-state index contributed by atoms with van der Waals surface area (Å²) in [7, 11) is 0. The van der Waals surface area contributed by atoms with Crippen molar-refractivity contribution in [1.29, 1.82) is 0 Å². The van der Waals surface area contributed by atoms with Crippen LogP contribution in [-0.4, -0.2) is 18.8 Å². The highest BCUT2D eigenvalue weighted by Crippen LogP contribution is 2.37. The number of nitrogens with one attached hydrogen (secondary N) is 1. The van der Waals surface area contributed by atoms with Crippen molar-refractivity contribution in [3.63, 3.8) is 0 Å². The van der Waals surface area contributed by atoms with Crippen LogP contribution in [0, 0.1) is 5.92 Å². The van der Waals surface area contributed by atoms with E-state index in [1.54, 1.807) is 0 Å². The summed E-state index contributed by atoms with van der Waals surface area (Å²) in [5.41, 5.74) is 0. The van der Waals surface area contributed by atoms with Crippen LogP contribution >= 0.6 is 0 Å². The lowest BCUT2D eigenvalue weighted by molar-refractivity contribution is -0.158. The van der Waals surface area contributed by atoms with Gasteiger partial charge in [0.2, 0.25) is 0 Å². The van der Waals surface area contributed by atoms with Crippen molar-refractivity contribution >= 4 is 0 Å². The van der Waals surface area contributed by atoms with Crippen molar-refractivity contribution in [2.45, 2.75) is 44.8 Å². The number of rotatable bonds is 5. The maximum atomic E-state index is 12.4. The Morgan fingerprint density at radius 2 is 2.00 bits per heavy atom. The van der Waals surface area contributed by atoms with Gasteiger partial charge in [0.15, 0.2) is 0 Å². The number of halogens is 3. The fourth-order valence-corrected chi connectivity index (χ4v) is 1.34. The Hall–Kier alpha value is -0.250. The molecule has 4 heteroatoms. The first-order valence-corrected chi connectivity index (χ1v) is 4.84. The van der Waals surface area contributed by atoms with E-state index in [9.17, 15) is 13.2 Å². The van der Waals surface area contributed by atoms with E-state index in [4.69, 9.17) is 0 Å². The molecular weight excluding hydrogens is 179 g/mol. The van der Waals surface area contributed by atoms with Crippen molar-refractivity contribution < 1.29 is 13.2 Å². The van der Waals surface area contributed by atoms with E-state index in [0.717, 1.165) is 19.3 Å². The predicted octanol–water partition coefficient (Wildman–Crippen LogP) is 2.72. The fraction of sp³-hybridized carbons (Fsp3) is 1.00. The van der Waals surface area contributed by atoms with Crippen LogP contribution in [0.15, 0.2) is 0 Å². The summed E-state index contributed by atoms with van der Waals surface area (Å²) in [6.07, 6.45) is -1.11. The molecule has 1 saturated carbocycles. The third-order valence-electron chi connectivity index (χ3n) is 2.30. The van der Waals surface area contributed by atoms with E-state index < -0.39 is 12.2 Å². The molecule has 0 aromatic carbocycles. The monoisotopic (exact) mass is 195 g/mol. The maximum absolute atomic E-state index is 12.4. The van der Waals surface area contributed by atoms with Crippen molar-refractivity contribution in [2.75, 3.05) is 6.54 Å². The predicted molar refractivity (Wildman–Crippen MR) is 45.5 cm³/mol. The first-order chi connectivity index (χ1) is 6.04. The molecule has 1 fully saturated rings. The summed E-state index contributed by atoms with van der Waals surface area (Å²) >= 11 is 0. The minimum Gasteiger partial charge on any atom is -0.306 e. The number of hydrogen-bond donors (Lipinski definition) is 1. The van der Waals surface area contributed by atoms with Crippen molar-refractivity contribution in [3.8, 4) is 0 Å². The first-order valence-electron chi connectivity index (χ1n) is 4.84. The molecule has 0 heterocycles. The molecule has 0 amide bonds. The highest BCUT2D eigenvalue weighted by Gasteiger charge is 2.42. The summed E-state index contributed by atoms with van der Waals surface area (Å²) < 4.78 is 37.1. The van der Waals surface area contributed by atoms with Crippen molar-refractivity contribution in [1.82, 2.24) is 5.32 Å². The summed E-state index contributed by atoms with van der Waals surface area (Å²) in [5.74, 6) is 0.316. The van der Waals surface area contributed by atoms with Gasteiger partial charge in [-0.05, 0) is 25.3 Å². The normalized spacial score (nSPS) is 20.3. The molecular formula is C9H16F3N. The second-order valence-electron chi connectivity index (χ2n) is 3.73. The van der Waals surface area contributed by atoms with E-state index in [1.165, 1.54) is 0 Å². The van der Waals surface area contributed by atoms with Crippen LogP contribution in [0.4, 0.5) is 13.2 Å². The lowest BCUT2D eigenvalue weighted by atomic mass is 10.1. The highest BCUT2D eigenvalue weighted by molar-refractivity contribution is 4.84. The smallest absolute Gasteiger partial charge is 0.306 e. The minimum absolute atomic E-state index is 0.267. The zero-order valence-electron chi connectivity index (χ0n) is 7.82. The molecule has 0 aromatic heterocycles. The maximum Gasteiger partial charge on any atom is 0.403 e. The molecule has 0 aromatic rings. The zero-order chi connectivity index (χ0) is 9.90. The van der Waals surface area contributed by atoms with E-state index in [-0.39, 0.29) is 6.42 Å². The average Bonchev–Trinajstić information content (AvgIpc) is 2.78. The van der Waals surface area contributed by atoms with E-state index >= 15 is 0 Å². The Morgan fingerprint density at radius 1 is 1.38 bits per heavy atom. The SMILES string of the molecule is CCCNC(CC1CC1)C(F)(F)F. The lowest BCUT2D eigenvalue weighted by Crippen LogP contribution is -2.42. The van der Waals surface area contributed by atoms with Crippen LogP contribution in [0.25, 0.3) is 0 Å². The average molecular weight is 195 g/mol. The molecule has 0 radical (unpaired) electrons. The van der Waals surface area contributed by atoms with Gasteiger partial charge in [0.25, 0.3) is 0 Å². The molecule has 0 spiro atoms. The summed E-state index contributed by atoms with van der Waals surface area (Å²) in [4.78, 5) is 0. The molecule has 78 valence electrons. The molecule has 1 aliphatic carbocycles. The highest BCUT2D eigenvalue weighted by atomic mass is 19.4. The molecule has 1 nitrogen and oxygen atoms in total. The molecule has 0 saturated heterocycles. The van der Waals surface area contributed by atoms with Crippen LogP contribution in [0.5, 0.6) is 0 Å². The van der Waals surface area contributed by atoms with Gasteiger partial charge in [-0.1, -0.05) is 19.8 Å². The van der Waals surface area contributed by atoms with Gasteiger partial charge in [0.05, 0.1) is 0 Å². The van der Waals surface area contributed by atoms with Gasteiger partial charge in [0.1, 0.15) is 6.04 Å². The van der Waals surface area contributed by atoms with Crippen LogP contribution < -0.4 is 5.32 Å². The van der Waals surface area contributed by atoms with Gasteiger partial charge in [-0.15, -0.1) is 0 Å². The van der Waals surface area contributed by atoms with Crippen molar-refractivity contribution in [2.24, 2.45) is 5.92 Å². The Balaban J connectivity index is 2.32. The fourth-order valence-electron chi connectivity index (χ4n) is 1.34. The minimum atomic E-state index is -4.07. The lowest BCUT2D eigenvalue weighted by Gasteiger charge is -2.21. The Labute approximate surface area is 76.7 Å². The van der Waals surface area contributed by atoms with Gasteiger partial charge in [-0.25, -0.2) is 0 Å². The van der Waals surface area contributed by atoms with Crippen LogP contribution in [0.3, 0.4) is 0 Å². The molecule has 1 unspecified atom stereocenters. The van der Waals surface area contributed by atoms with Crippen LogP contribution in [-0.2, 0) is 0 Å². The molecule has 13 heavy (non-hydrogen) atoms. The molecule has 0 bridgehead atoms. The molecule has 1 atom stereocenters. The van der Waals surface area contributed by atoms with E-state index in [0.29, 0.717) is 12.5 Å². The van der Waals surface area contributed by atoms with Crippen LogP contribution in [0.2, 0.25) is 0 Å².